The van der Waals surface area contributed by atoms with Crippen molar-refractivity contribution in [2.45, 2.75) is 39.0 Å². The minimum atomic E-state index is 0. The van der Waals surface area contributed by atoms with Crippen molar-refractivity contribution in [2.75, 3.05) is 53.2 Å². The molecule has 8 heteroatoms. The van der Waals surface area contributed by atoms with Crippen molar-refractivity contribution in [3.63, 3.8) is 0 Å². The molecule has 0 radical (unpaired) electrons. The van der Waals surface area contributed by atoms with Crippen LogP contribution in [0.25, 0.3) is 0 Å². The first-order valence-corrected chi connectivity index (χ1v) is 10.2. The summed E-state index contributed by atoms with van der Waals surface area (Å²) < 4.78 is 22.0. The van der Waals surface area contributed by atoms with Gasteiger partial charge in [-0.25, -0.2) is 0 Å². The van der Waals surface area contributed by atoms with Crippen LogP contribution >= 0.6 is 24.0 Å². The fourth-order valence-corrected chi connectivity index (χ4v) is 2.86. The fraction of sp³-hybridized carbons (Fsp3) is 0.667. The highest BCUT2D eigenvalue weighted by molar-refractivity contribution is 14.0. The third kappa shape index (κ3) is 11.7. The molecule has 1 aliphatic heterocycles. The molecule has 0 aliphatic carbocycles. The lowest BCUT2D eigenvalue weighted by Crippen LogP contribution is -2.37. The molecule has 0 amide bonds. The van der Waals surface area contributed by atoms with Gasteiger partial charge in [-0.05, 0) is 30.9 Å². The summed E-state index contributed by atoms with van der Waals surface area (Å²) in [6.45, 7) is 8.38. The zero-order valence-corrected chi connectivity index (χ0v) is 20.0. The molecule has 29 heavy (non-hydrogen) atoms. The second-order valence-electron chi connectivity index (χ2n) is 6.63. The van der Waals surface area contributed by atoms with Crippen molar-refractivity contribution < 1.29 is 18.9 Å². The van der Waals surface area contributed by atoms with Gasteiger partial charge in [-0.1, -0.05) is 24.3 Å². The number of aliphatic imine (C=N–C) groups is 1. The molecule has 0 bridgehead atoms. The predicted molar refractivity (Wildman–Crippen MR) is 126 cm³/mol. The van der Waals surface area contributed by atoms with Gasteiger partial charge in [0, 0.05) is 40.0 Å². The molecule has 0 spiro atoms. The summed E-state index contributed by atoms with van der Waals surface area (Å²) in [6, 6.07) is 8.38. The molecule has 1 saturated heterocycles. The van der Waals surface area contributed by atoms with E-state index in [4.69, 9.17) is 18.9 Å². The smallest absolute Gasteiger partial charge is 0.191 e. The molecule has 0 saturated carbocycles. The Hall–Kier alpha value is -0.940. The molecule has 1 fully saturated rings. The number of rotatable bonds is 13. The van der Waals surface area contributed by atoms with Gasteiger partial charge in [-0.3, -0.25) is 4.99 Å². The van der Waals surface area contributed by atoms with Crippen LogP contribution in [0.15, 0.2) is 29.3 Å². The largest absolute Gasteiger partial charge is 0.379 e. The third-order valence-corrected chi connectivity index (χ3v) is 4.37. The molecule has 7 nitrogen and oxygen atoms in total. The lowest BCUT2D eigenvalue weighted by Gasteiger charge is -2.13. The van der Waals surface area contributed by atoms with Crippen molar-refractivity contribution in [3.05, 3.63) is 35.4 Å². The Balaban J connectivity index is 0.00000420. The van der Waals surface area contributed by atoms with Gasteiger partial charge in [0.1, 0.15) is 0 Å². The number of hydrogen-bond donors (Lipinski definition) is 2. The maximum absolute atomic E-state index is 5.77. The number of nitrogens with one attached hydrogen (secondary N) is 2. The van der Waals surface area contributed by atoms with Crippen molar-refractivity contribution in [2.24, 2.45) is 4.99 Å². The van der Waals surface area contributed by atoms with Crippen molar-refractivity contribution >= 4 is 29.9 Å². The van der Waals surface area contributed by atoms with Gasteiger partial charge in [0.2, 0.25) is 0 Å². The van der Waals surface area contributed by atoms with Gasteiger partial charge in [0.05, 0.1) is 32.5 Å². The van der Waals surface area contributed by atoms with E-state index in [2.05, 4.69) is 39.9 Å². The Kier molecular flexibility index (Phi) is 15.1. The normalized spacial score (nSPS) is 16.5. The summed E-state index contributed by atoms with van der Waals surface area (Å²) in [5.41, 5.74) is 2.35. The van der Waals surface area contributed by atoms with Crippen LogP contribution in [0, 0.1) is 0 Å². The summed E-state index contributed by atoms with van der Waals surface area (Å²) >= 11 is 0. The number of hydrogen-bond acceptors (Lipinski definition) is 5. The monoisotopic (exact) mass is 521 g/mol. The lowest BCUT2D eigenvalue weighted by molar-refractivity contribution is 0.0420. The van der Waals surface area contributed by atoms with Gasteiger partial charge in [0.25, 0.3) is 0 Å². The Labute approximate surface area is 191 Å². The Morgan fingerprint density at radius 3 is 2.76 bits per heavy atom. The van der Waals surface area contributed by atoms with Crippen molar-refractivity contribution in [3.8, 4) is 0 Å². The van der Waals surface area contributed by atoms with Gasteiger partial charge < -0.3 is 29.6 Å². The maximum atomic E-state index is 5.77. The van der Waals surface area contributed by atoms with E-state index in [1.807, 2.05) is 6.92 Å². The van der Waals surface area contributed by atoms with E-state index in [0.29, 0.717) is 26.4 Å². The van der Waals surface area contributed by atoms with E-state index in [1.165, 1.54) is 5.56 Å². The van der Waals surface area contributed by atoms with Gasteiger partial charge in [-0.15, -0.1) is 24.0 Å². The second-order valence-corrected chi connectivity index (χ2v) is 6.63. The first kappa shape index (κ1) is 26.1. The van der Waals surface area contributed by atoms with Crippen molar-refractivity contribution in [1.29, 1.82) is 0 Å². The highest BCUT2D eigenvalue weighted by Crippen LogP contribution is 2.08. The molecular weight excluding hydrogens is 485 g/mol. The molecule has 1 aliphatic rings. The van der Waals surface area contributed by atoms with Crippen molar-refractivity contribution in [1.82, 2.24) is 10.6 Å². The molecule has 2 rings (SSSR count). The topological polar surface area (TPSA) is 73.3 Å². The lowest BCUT2D eigenvalue weighted by atomic mass is 10.1. The predicted octanol–water partition coefficient (Wildman–Crippen LogP) is 2.72. The third-order valence-electron chi connectivity index (χ3n) is 4.37. The molecular formula is C21H36IN3O4. The molecule has 1 unspecified atom stereocenters. The zero-order valence-electron chi connectivity index (χ0n) is 17.7. The molecule has 1 atom stereocenters. The summed E-state index contributed by atoms with van der Waals surface area (Å²) in [4.78, 5) is 4.27. The van der Waals surface area contributed by atoms with E-state index in [0.717, 1.165) is 57.3 Å². The Morgan fingerprint density at radius 1 is 1.17 bits per heavy atom. The standard InChI is InChI=1S/C21H35N3O4.HI/c1-3-25-12-13-27-16-19-7-4-6-18(14-19)15-24-21(22-2)23-9-5-10-28-20-8-11-26-17-20;/h4,6-7,14,20H,3,5,8-13,15-17H2,1-2H3,(H2,22,23,24);1H. The summed E-state index contributed by atoms with van der Waals surface area (Å²) in [5.74, 6) is 0.794. The average molecular weight is 521 g/mol. The van der Waals surface area contributed by atoms with Gasteiger partial charge in [-0.2, -0.15) is 0 Å². The van der Waals surface area contributed by atoms with Crippen LogP contribution in [-0.4, -0.2) is 65.3 Å². The first-order chi connectivity index (χ1) is 13.8. The summed E-state index contributed by atoms with van der Waals surface area (Å²) in [5, 5.41) is 6.67. The molecule has 1 aromatic rings. The van der Waals surface area contributed by atoms with E-state index in [-0.39, 0.29) is 30.1 Å². The molecule has 1 heterocycles. The average Bonchev–Trinajstić information content (AvgIpc) is 3.24. The zero-order chi connectivity index (χ0) is 19.9. The van der Waals surface area contributed by atoms with Crippen LogP contribution in [-0.2, 0) is 32.1 Å². The quantitative estimate of drug-likeness (QED) is 0.180. The Bertz CT molecular complexity index is 569. The van der Waals surface area contributed by atoms with Crippen LogP contribution in [0.2, 0.25) is 0 Å². The summed E-state index contributed by atoms with van der Waals surface area (Å²) in [7, 11) is 1.78. The van der Waals surface area contributed by atoms with Crippen LogP contribution in [0.1, 0.15) is 30.9 Å². The molecule has 166 valence electrons. The number of ether oxygens (including phenoxy) is 4. The number of guanidine groups is 1. The van der Waals surface area contributed by atoms with Crippen LogP contribution in [0.4, 0.5) is 0 Å². The van der Waals surface area contributed by atoms with Gasteiger partial charge >= 0.3 is 0 Å². The first-order valence-electron chi connectivity index (χ1n) is 10.2. The van der Waals surface area contributed by atoms with E-state index in [9.17, 15) is 0 Å². The fourth-order valence-electron chi connectivity index (χ4n) is 2.86. The highest BCUT2D eigenvalue weighted by Gasteiger charge is 2.15. The van der Waals surface area contributed by atoms with E-state index >= 15 is 0 Å². The minimum absolute atomic E-state index is 0. The maximum Gasteiger partial charge on any atom is 0.191 e. The second kappa shape index (κ2) is 16.8. The minimum Gasteiger partial charge on any atom is -0.379 e. The van der Waals surface area contributed by atoms with Gasteiger partial charge in [0.15, 0.2) is 5.96 Å². The molecule has 1 aromatic carbocycles. The number of benzene rings is 1. The number of nitrogens with zero attached hydrogens (tertiary/aromatic N) is 1. The number of halogens is 1. The van der Waals surface area contributed by atoms with Crippen LogP contribution < -0.4 is 10.6 Å². The summed E-state index contributed by atoms with van der Waals surface area (Å²) in [6.07, 6.45) is 2.21. The highest BCUT2D eigenvalue weighted by atomic mass is 127. The molecule has 0 aromatic heterocycles. The SMILES string of the molecule is CCOCCOCc1cccc(CNC(=NC)NCCCOC2CCOC2)c1.I. The van der Waals surface area contributed by atoms with E-state index in [1.54, 1.807) is 7.05 Å². The molecule has 2 N–H and O–H groups in total. The van der Waals surface area contributed by atoms with Crippen LogP contribution in [0.5, 0.6) is 0 Å². The van der Waals surface area contributed by atoms with E-state index < -0.39 is 0 Å². The Morgan fingerprint density at radius 2 is 2.00 bits per heavy atom. The van der Waals surface area contributed by atoms with Crippen LogP contribution in [0.3, 0.4) is 0 Å².